The Morgan fingerprint density at radius 2 is 2.04 bits per heavy atom. The molecule has 2 aromatic carbocycles. The molecule has 27 heavy (non-hydrogen) atoms. The summed E-state index contributed by atoms with van der Waals surface area (Å²) in [6.45, 7) is 1.99. The molecule has 1 unspecified atom stereocenters. The Labute approximate surface area is 162 Å². The summed E-state index contributed by atoms with van der Waals surface area (Å²) in [5.74, 6) is 0.0257. The first-order valence-corrected chi connectivity index (χ1v) is 9.55. The van der Waals surface area contributed by atoms with E-state index >= 15 is 0 Å². The number of aromatic nitrogens is 1. The standard InChI is InChI=1S/C21H21FN2O2S/c1-3-18(14-7-5-4-6-8-14)20(25)24-21-23-13-17(27-21)12-15-11-16(22)9-10-19(15)26-2/h4-11,13,18H,3,12H2,1-2H3,(H,23,24,25). The summed E-state index contributed by atoms with van der Waals surface area (Å²) in [6, 6.07) is 14.1. The van der Waals surface area contributed by atoms with Crippen LogP contribution >= 0.6 is 11.3 Å². The lowest BCUT2D eigenvalue weighted by Gasteiger charge is -2.14. The van der Waals surface area contributed by atoms with Crippen LogP contribution in [0, 0.1) is 5.82 Å². The summed E-state index contributed by atoms with van der Waals surface area (Å²) < 4.78 is 18.8. The van der Waals surface area contributed by atoms with Crippen molar-refractivity contribution in [1.82, 2.24) is 4.98 Å². The van der Waals surface area contributed by atoms with Gasteiger partial charge in [-0.15, -0.1) is 11.3 Å². The molecule has 1 atom stereocenters. The van der Waals surface area contributed by atoms with Crippen molar-refractivity contribution >= 4 is 22.4 Å². The zero-order valence-electron chi connectivity index (χ0n) is 15.2. The Morgan fingerprint density at radius 3 is 2.74 bits per heavy atom. The number of methoxy groups -OCH3 is 1. The average molecular weight is 384 g/mol. The Morgan fingerprint density at radius 1 is 1.26 bits per heavy atom. The van der Waals surface area contributed by atoms with Gasteiger partial charge in [0.1, 0.15) is 11.6 Å². The number of thiazole rings is 1. The van der Waals surface area contributed by atoms with E-state index in [4.69, 9.17) is 4.74 Å². The summed E-state index contributed by atoms with van der Waals surface area (Å²) in [4.78, 5) is 17.9. The van der Waals surface area contributed by atoms with Crippen molar-refractivity contribution in [1.29, 1.82) is 0 Å². The van der Waals surface area contributed by atoms with E-state index in [1.807, 2.05) is 37.3 Å². The molecule has 0 spiro atoms. The number of carbonyl (C=O) groups is 1. The van der Waals surface area contributed by atoms with E-state index in [0.29, 0.717) is 23.7 Å². The van der Waals surface area contributed by atoms with Crippen LogP contribution in [0.4, 0.5) is 9.52 Å². The highest BCUT2D eigenvalue weighted by Gasteiger charge is 2.19. The molecule has 6 heteroatoms. The van der Waals surface area contributed by atoms with Crippen LogP contribution in [0.25, 0.3) is 0 Å². The molecule has 0 bridgehead atoms. The fourth-order valence-corrected chi connectivity index (χ4v) is 3.81. The van der Waals surface area contributed by atoms with Gasteiger partial charge in [0.15, 0.2) is 5.13 Å². The third-order valence-electron chi connectivity index (χ3n) is 4.32. The van der Waals surface area contributed by atoms with E-state index in [9.17, 15) is 9.18 Å². The molecular formula is C21H21FN2O2S. The SMILES string of the molecule is CCC(C(=O)Nc1ncc(Cc2cc(F)ccc2OC)s1)c1ccccc1. The lowest BCUT2D eigenvalue weighted by atomic mass is 9.96. The molecule has 0 saturated carbocycles. The van der Waals surface area contributed by atoms with Crippen molar-refractivity contribution in [2.75, 3.05) is 12.4 Å². The van der Waals surface area contributed by atoms with Gasteiger partial charge < -0.3 is 10.1 Å². The van der Waals surface area contributed by atoms with E-state index < -0.39 is 0 Å². The molecule has 1 amide bonds. The van der Waals surface area contributed by atoms with Crippen LogP contribution in [0.3, 0.4) is 0 Å². The van der Waals surface area contributed by atoms with Crippen LogP contribution in [0.2, 0.25) is 0 Å². The fraction of sp³-hybridized carbons (Fsp3) is 0.238. The minimum absolute atomic E-state index is 0.0760. The minimum Gasteiger partial charge on any atom is -0.496 e. The number of hydrogen-bond acceptors (Lipinski definition) is 4. The number of nitrogens with zero attached hydrogens (tertiary/aromatic N) is 1. The molecule has 3 rings (SSSR count). The highest BCUT2D eigenvalue weighted by molar-refractivity contribution is 7.15. The van der Waals surface area contributed by atoms with Gasteiger partial charge in [0, 0.05) is 23.1 Å². The third-order valence-corrected chi connectivity index (χ3v) is 5.23. The second-order valence-electron chi connectivity index (χ2n) is 6.13. The molecular weight excluding hydrogens is 363 g/mol. The largest absolute Gasteiger partial charge is 0.496 e. The van der Waals surface area contributed by atoms with Gasteiger partial charge in [-0.25, -0.2) is 9.37 Å². The van der Waals surface area contributed by atoms with Gasteiger partial charge in [-0.1, -0.05) is 37.3 Å². The van der Waals surface area contributed by atoms with Gasteiger partial charge >= 0.3 is 0 Å². The molecule has 4 nitrogen and oxygen atoms in total. The normalized spacial score (nSPS) is 11.8. The molecule has 140 valence electrons. The number of anilines is 1. The molecule has 0 radical (unpaired) electrons. The van der Waals surface area contributed by atoms with Crippen molar-refractivity contribution < 1.29 is 13.9 Å². The van der Waals surface area contributed by atoms with E-state index in [1.165, 1.54) is 23.5 Å². The smallest absolute Gasteiger partial charge is 0.233 e. The zero-order valence-corrected chi connectivity index (χ0v) is 16.1. The van der Waals surface area contributed by atoms with E-state index in [0.717, 1.165) is 16.0 Å². The minimum atomic E-state index is -0.308. The maximum atomic E-state index is 13.5. The summed E-state index contributed by atoms with van der Waals surface area (Å²) in [5.41, 5.74) is 1.73. The number of rotatable bonds is 7. The molecule has 0 aliphatic rings. The zero-order chi connectivity index (χ0) is 19.2. The quantitative estimate of drug-likeness (QED) is 0.623. The number of ether oxygens (including phenoxy) is 1. The second-order valence-corrected chi connectivity index (χ2v) is 7.24. The van der Waals surface area contributed by atoms with Gasteiger partial charge in [0.05, 0.1) is 13.0 Å². The van der Waals surface area contributed by atoms with Gasteiger partial charge in [-0.2, -0.15) is 0 Å². The van der Waals surface area contributed by atoms with Crippen molar-refractivity contribution in [2.24, 2.45) is 0 Å². The topological polar surface area (TPSA) is 51.2 Å². The molecule has 1 heterocycles. The maximum absolute atomic E-state index is 13.5. The first-order valence-electron chi connectivity index (χ1n) is 8.73. The molecule has 0 fully saturated rings. The maximum Gasteiger partial charge on any atom is 0.233 e. The number of carbonyl (C=O) groups excluding carboxylic acids is 1. The third kappa shape index (κ3) is 4.71. The van der Waals surface area contributed by atoms with Crippen molar-refractivity contribution in [3.63, 3.8) is 0 Å². The Kier molecular flexibility index (Phi) is 6.19. The summed E-state index contributed by atoms with van der Waals surface area (Å²) in [5, 5.41) is 3.44. The average Bonchev–Trinajstić information content (AvgIpc) is 3.10. The first kappa shape index (κ1) is 19.0. The Balaban J connectivity index is 1.71. The summed E-state index contributed by atoms with van der Waals surface area (Å²) in [7, 11) is 1.56. The van der Waals surface area contributed by atoms with Gasteiger partial charge in [0.2, 0.25) is 5.91 Å². The van der Waals surface area contributed by atoms with E-state index in [2.05, 4.69) is 10.3 Å². The van der Waals surface area contributed by atoms with Gasteiger partial charge in [-0.05, 0) is 30.2 Å². The highest BCUT2D eigenvalue weighted by atomic mass is 32.1. The first-order chi connectivity index (χ1) is 13.1. The monoisotopic (exact) mass is 384 g/mol. The fourth-order valence-electron chi connectivity index (χ4n) is 2.97. The van der Waals surface area contributed by atoms with Crippen LogP contribution in [0.5, 0.6) is 5.75 Å². The molecule has 0 aliphatic carbocycles. The van der Waals surface area contributed by atoms with E-state index in [1.54, 1.807) is 19.4 Å². The Hall–Kier alpha value is -2.73. The molecule has 0 saturated heterocycles. The number of nitrogens with one attached hydrogen (secondary N) is 1. The second kappa shape index (κ2) is 8.77. The van der Waals surface area contributed by atoms with Crippen molar-refractivity contribution in [2.45, 2.75) is 25.7 Å². The van der Waals surface area contributed by atoms with Crippen molar-refractivity contribution in [3.05, 3.63) is 76.5 Å². The van der Waals surface area contributed by atoms with E-state index in [-0.39, 0.29) is 17.6 Å². The van der Waals surface area contributed by atoms with Crippen LogP contribution in [-0.2, 0) is 11.2 Å². The molecule has 1 aromatic heterocycles. The highest BCUT2D eigenvalue weighted by Crippen LogP contribution is 2.28. The molecule has 3 aromatic rings. The van der Waals surface area contributed by atoms with Crippen LogP contribution < -0.4 is 10.1 Å². The lowest BCUT2D eigenvalue weighted by Crippen LogP contribution is -2.20. The summed E-state index contributed by atoms with van der Waals surface area (Å²) >= 11 is 1.38. The number of benzene rings is 2. The predicted molar refractivity (Wildman–Crippen MR) is 106 cm³/mol. The van der Waals surface area contributed by atoms with Gasteiger partial charge in [-0.3, -0.25) is 4.79 Å². The molecule has 0 aliphatic heterocycles. The van der Waals surface area contributed by atoms with Crippen LogP contribution in [0.1, 0.15) is 35.3 Å². The lowest BCUT2D eigenvalue weighted by molar-refractivity contribution is -0.117. The van der Waals surface area contributed by atoms with Crippen LogP contribution in [0.15, 0.2) is 54.7 Å². The predicted octanol–water partition coefficient (Wildman–Crippen LogP) is 5.01. The van der Waals surface area contributed by atoms with Crippen LogP contribution in [-0.4, -0.2) is 18.0 Å². The Bertz CT molecular complexity index is 912. The van der Waals surface area contributed by atoms with Gasteiger partial charge in [0.25, 0.3) is 0 Å². The number of hydrogen-bond donors (Lipinski definition) is 1. The summed E-state index contributed by atoms with van der Waals surface area (Å²) in [6.07, 6.45) is 2.90. The molecule has 1 N–H and O–H groups in total. The number of amides is 1. The number of halogens is 1. The van der Waals surface area contributed by atoms with Crippen molar-refractivity contribution in [3.8, 4) is 5.75 Å².